The van der Waals surface area contributed by atoms with Gasteiger partial charge in [-0.15, -0.1) is 0 Å². The third-order valence-electron chi connectivity index (χ3n) is 4.50. The van der Waals surface area contributed by atoms with Gasteiger partial charge < -0.3 is 5.32 Å². The van der Waals surface area contributed by atoms with Gasteiger partial charge in [-0.2, -0.15) is 0 Å². The summed E-state index contributed by atoms with van der Waals surface area (Å²) in [6.07, 6.45) is 4.42. The van der Waals surface area contributed by atoms with E-state index in [4.69, 9.17) is 0 Å². The maximum Gasteiger partial charge on any atom is 0.254 e. The molecule has 1 aliphatic carbocycles. The number of halogens is 3. The van der Waals surface area contributed by atoms with Gasteiger partial charge in [-0.3, -0.25) is 4.79 Å². The summed E-state index contributed by atoms with van der Waals surface area (Å²) in [7, 11) is 0. The second-order valence-electron chi connectivity index (χ2n) is 6.15. The molecule has 0 saturated carbocycles. The number of hydrogen-bond donors (Lipinski definition) is 1. The van der Waals surface area contributed by atoms with E-state index in [1.54, 1.807) is 6.92 Å². The average molecular weight is 333 g/mol. The van der Waals surface area contributed by atoms with Crippen LogP contribution in [-0.4, -0.2) is 5.91 Å². The molecule has 2 nitrogen and oxygen atoms in total. The monoisotopic (exact) mass is 333 g/mol. The first-order chi connectivity index (χ1) is 11.5. The summed E-state index contributed by atoms with van der Waals surface area (Å²) in [4.78, 5) is 12.2. The number of aryl methyl sites for hydroxylation is 2. The summed E-state index contributed by atoms with van der Waals surface area (Å²) in [5, 5.41) is 2.64. The Hall–Kier alpha value is -2.30. The fourth-order valence-corrected chi connectivity index (χ4v) is 3.08. The Morgan fingerprint density at radius 3 is 2.46 bits per heavy atom. The van der Waals surface area contributed by atoms with Crippen molar-refractivity contribution < 1.29 is 18.0 Å². The fourth-order valence-electron chi connectivity index (χ4n) is 3.08. The molecule has 0 heterocycles. The SMILES string of the molecule is CC(NC(=O)c1ccc(F)c(F)c1F)c1ccc2c(c1)CCCC2. The molecule has 1 unspecified atom stereocenters. The van der Waals surface area contributed by atoms with Crippen LogP contribution in [0.5, 0.6) is 0 Å². The largest absolute Gasteiger partial charge is 0.345 e. The highest BCUT2D eigenvalue weighted by Crippen LogP contribution is 2.25. The van der Waals surface area contributed by atoms with Gasteiger partial charge in [0.2, 0.25) is 0 Å². The highest BCUT2D eigenvalue weighted by atomic mass is 19.2. The Balaban J connectivity index is 1.78. The van der Waals surface area contributed by atoms with Gasteiger partial charge in [-0.05, 0) is 61.4 Å². The molecule has 0 saturated heterocycles. The zero-order valence-corrected chi connectivity index (χ0v) is 13.3. The van der Waals surface area contributed by atoms with E-state index in [0.29, 0.717) is 0 Å². The summed E-state index contributed by atoms with van der Waals surface area (Å²) in [5.41, 5.74) is 3.01. The van der Waals surface area contributed by atoms with Gasteiger partial charge >= 0.3 is 0 Å². The van der Waals surface area contributed by atoms with Crippen LogP contribution in [0.25, 0.3) is 0 Å². The zero-order chi connectivity index (χ0) is 17.3. The minimum atomic E-state index is -1.64. The molecule has 126 valence electrons. The Kier molecular flexibility index (Phi) is 4.60. The van der Waals surface area contributed by atoms with E-state index in [-0.39, 0.29) is 6.04 Å². The van der Waals surface area contributed by atoms with Gasteiger partial charge in [0, 0.05) is 0 Å². The number of carbonyl (C=O) groups excluding carboxylic acids is 1. The normalized spacial score (nSPS) is 14.8. The lowest BCUT2D eigenvalue weighted by atomic mass is 9.89. The van der Waals surface area contributed by atoms with E-state index < -0.39 is 28.9 Å². The van der Waals surface area contributed by atoms with Crippen LogP contribution in [0.4, 0.5) is 13.2 Å². The van der Waals surface area contributed by atoms with Gasteiger partial charge in [0.15, 0.2) is 17.5 Å². The minimum absolute atomic E-state index is 0.364. The number of benzene rings is 2. The van der Waals surface area contributed by atoms with Crippen molar-refractivity contribution in [1.29, 1.82) is 0 Å². The third-order valence-corrected chi connectivity index (χ3v) is 4.50. The zero-order valence-electron chi connectivity index (χ0n) is 13.3. The van der Waals surface area contributed by atoms with Gasteiger partial charge in [0.1, 0.15) is 0 Å². The number of rotatable bonds is 3. The molecule has 0 fully saturated rings. The van der Waals surface area contributed by atoms with E-state index in [1.165, 1.54) is 17.5 Å². The van der Waals surface area contributed by atoms with E-state index in [2.05, 4.69) is 17.4 Å². The first kappa shape index (κ1) is 16.6. The lowest BCUT2D eigenvalue weighted by Crippen LogP contribution is -2.28. The van der Waals surface area contributed by atoms with Crippen molar-refractivity contribution in [3.05, 3.63) is 70.0 Å². The Morgan fingerprint density at radius 1 is 1.00 bits per heavy atom. The van der Waals surface area contributed by atoms with E-state index >= 15 is 0 Å². The van der Waals surface area contributed by atoms with Crippen molar-refractivity contribution in [2.24, 2.45) is 0 Å². The molecule has 0 aliphatic heterocycles. The van der Waals surface area contributed by atoms with Gasteiger partial charge in [0.05, 0.1) is 11.6 Å². The standard InChI is InChI=1S/C19H18F3NO/c1-11(13-7-6-12-4-2-3-5-14(12)10-13)23-19(24)15-8-9-16(20)18(22)17(15)21/h6-11H,2-5H2,1H3,(H,23,24). The molecular weight excluding hydrogens is 315 g/mol. The van der Waals surface area contributed by atoms with Crippen molar-refractivity contribution in [3.63, 3.8) is 0 Å². The fraction of sp³-hybridized carbons (Fsp3) is 0.316. The lowest BCUT2D eigenvalue weighted by molar-refractivity contribution is 0.0934. The predicted molar refractivity (Wildman–Crippen MR) is 85.3 cm³/mol. The maximum absolute atomic E-state index is 13.7. The second kappa shape index (κ2) is 6.67. The van der Waals surface area contributed by atoms with Gasteiger partial charge in [-0.1, -0.05) is 18.2 Å². The highest BCUT2D eigenvalue weighted by Gasteiger charge is 2.21. The van der Waals surface area contributed by atoms with Crippen molar-refractivity contribution in [3.8, 4) is 0 Å². The van der Waals surface area contributed by atoms with Crippen LogP contribution in [0.15, 0.2) is 30.3 Å². The first-order valence-corrected chi connectivity index (χ1v) is 8.03. The first-order valence-electron chi connectivity index (χ1n) is 8.03. The van der Waals surface area contributed by atoms with Gasteiger partial charge in [0.25, 0.3) is 5.91 Å². The summed E-state index contributed by atoms with van der Waals surface area (Å²) < 4.78 is 39.9. The molecular formula is C19H18F3NO. The average Bonchev–Trinajstić information content (AvgIpc) is 2.59. The van der Waals surface area contributed by atoms with E-state index in [0.717, 1.165) is 37.0 Å². The number of carbonyl (C=O) groups is 1. The molecule has 2 aromatic rings. The summed E-state index contributed by atoms with van der Waals surface area (Å²) in [5.74, 6) is -5.18. The van der Waals surface area contributed by atoms with Crippen molar-refractivity contribution in [2.45, 2.75) is 38.6 Å². The van der Waals surface area contributed by atoms with Crippen LogP contribution < -0.4 is 5.32 Å². The molecule has 1 atom stereocenters. The Morgan fingerprint density at radius 2 is 1.71 bits per heavy atom. The van der Waals surface area contributed by atoms with Crippen LogP contribution in [-0.2, 0) is 12.8 Å². The number of amides is 1. The molecule has 0 aromatic heterocycles. The van der Waals surface area contributed by atoms with Crippen LogP contribution in [0.2, 0.25) is 0 Å². The van der Waals surface area contributed by atoms with Crippen molar-refractivity contribution in [1.82, 2.24) is 5.32 Å². The molecule has 2 aromatic carbocycles. The smallest absolute Gasteiger partial charge is 0.254 e. The number of hydrogen-bond acceptors (Lipinski definition) is 1. The van der Waals surface area contributed by atoms with Gasteiger partial charge in [-0.25, -0.2) is 13.2 Å². The van der Waals surface area contributed by atoms with E-state index in [1.807, 2.05) is 6.07 Å². The molecule has 5 heteroatoms. The van der Waals surface area contributed by atoms with Crippen LogP contribution >= 0.6 is 0 Å². The van der Waals surface area contributed by atoms with Crippen molar-refractivity contribution >= 4 is 5.91 Å². The summed E-state index contributed by atoms with van der Waals surface area (Å²) in [6.45, 7) is 1.78. The molecule has 0 radical (unpaired) electrons. The van der Waals surface area contributed by atoms with E-state index in [9.17, 15) is 18.0 Å². The quantitative estimate of drug-likeness (QED) is 0.825. The Labute approximate surface area is 138 Å². The molecule has 1 amide bonds. The molecule has 0 spiro atoms. The molecule has 1 aliphatic rings. The maximum atomic E-state index is 13.7. The summed E-state index contributed by atoms with van der Waals surface area (Å²) in [6, 6.07) is 7.39. The molecule has 0 bridgehead atoms. The molecule has 1 N–H and O–H groups in total. The second-order valence-corrected chi connectivity index (χ2v) is 6.15. The minimum Gasteiger partial charge on any atom is -0.345 e. The highest BCUT2D eigenvalue weighted by molar-refractivity contribution is 5.94. The van der Waals surface area contributed by atoms with Crippen LogP contribution in [0.1, 0.15) is 52.9 Å². The third kappa shape index (κ3) is 3.16. The molecule has 3 rings (SSSR count). The lowest BCUT2D eigenvalue weighted by Gasteiger charge is -2.20. The Bertz CT molecular complexity index is 788. The van der Waals surface area contributed by atoms with Crippen molar-refractivity contribution in [2.75, 3.05) is 0 Å². The number of fused-ring (bicyclic) bond motifs is 1. The number of nitrogens with one attached hydrogen (secondary N) is 1. The van der Waals surface area contributed by atoms with Crippen LogP contribution in [0, 0.1) is 17.5 Å². The summed E-state index contributed by atoms with van der Waals surface area (Å²) >= 11 is 0. The van der Waals surface area contributed by atoms with Crippen LogP contribution in [0.3, 0.4) is 0 Å². The molecule has 24 heavy (non-hydrogen) atoms. The predicted octanol–water partition coefficient (Wildman–Crippen LogP) is 4.47. The topological polar surface area (TPSA) is 29.1 Å².